The van der Waals surface area contributed by atoms with Gasteiger partial charge in [-0.15, -0.1) is 0 Å². The predicted octanol–water partition coefficient (Wildman–Crippen LogP) is 2.09. The van der Waals surface area contributed by atoms with Crippen molar-refractivity contribution in [3.8, 4) is 0 Å². The maximum Gasteiger partial charge on any atom is 0.265 e. The summed E-state index contributed by atoms with van der Waals surface area (Å²) in [4.78, 5) is 44.4. The second-order valence-corrected chi connectivity index (χ2v) is 6.79. The first-order valence-electron chi connectivity index (χ1n) is 8.32. The van der Waals surface area contributed by atoms with Crippen LogP contribution in [0.15, 0.2) is 24.3 Å². The molecular weight excluding hydrogens is 393 g/mol. The molecular formula is C18H21Cl2N3O4. The van der Waals surface area contributed by atoms with Crippen LogP contribution in [-0.4, -0.2) is 72.9 Å². The Morgan fingerprint density at radius 1 is 1.22 bits per heavy atom. The van der Waals surface area contributed by atoms with Crippen LogP contribution in [0.5, 0.6) is 0 Å². The fraction of sp³-hybridized carbons (Fsp3) is 0.389. The van der Waals surface area contributed by atoms with Gasteiger partial charge in [0, 0.05) is 39.2 Å². The number of hydrogen-bond acceptors (Lipinski definition) is 4. The lowest BCUT2D eigenvalue weighted by atomic mass is 10.2. The average Bonchev–Trinajstić information content (AvgIpc) is 2.83. The Morgan fingerprint density at radius 2 is 1.96 bits per heavy atom. The molecule has 146 valence electrons. The van der Waals surface area contributed by atoms with E-state index in [0.29, 0.717) is 23.1 Å². The molecule has 9 heteroatoms. The molecule has 0 spiro atoms. The van der Waals surface area contributed by atoms with Crippen LogP contribution in [0.3, 0.4) is 0 Å². The molecule has 1 aromatic rings. The van der Waals surface area contributed by atoms with Crippen molar-refractivity contribution in [3.05, 3.63) is 39.9 Å². The summed E-state index contributed by atoms with van der Waals surface area (Å²) >= 11 is 11.8. The molecule has 0 aliphatic carbocycles. The highest BCUT2D eigenvalue weighted by Crippen LogP contribution is 2.23. The zero-order valence-corrected chi connectivity index (χ0v) is 16.7. The number of halogens is 2. The summed E-state index contributed by atoms with van der Waals surface area (Å²) in [6.45, 7) is 0.854. The van der Waals surface area contributed by atoms with Crippen LogP contribution in [0, 0.1) is 0 Å². The summed E-state index contributed by atoms with van der Waals surface area (Å²) in [6.07, 6.45) is 3.24. The topological polar surface area (TPSA) is 70.2 Å². The molecule has 1 aliphatic rings. The SMILES string of the molecule is CON(C)C(=O)CN1CCN(C(=O)/C=C/c2ccc(Cl)c(Cl)c2)CCC1=O. The Morgan fingerprint density at radius 3 is 2.63 bits per heavy atom. The van der Waals surface area contributed by atoms with E-state index in [4.69, 9.17) is 28.0 Å². The smallest absolute Gasteiger partial charge is 0.265 e. The molecule has 0 aromatic heterocycles. The van der Waals surface area contributed by atoms with Crippen molar-refractivity contribution >= 4 is 47.0 Å². The molecule has 0 saturated carbocycles. The van der Waals surface area contributed by atoms with Crippen LogP contribution in [0.2, 0.25) is 10.0 Å². The fourth-order valence-electron chi connectivity index (χ4n) is 2.51. The molecule has 1 heterocycles. The van der Waals surface area contributed by atoms with Gasteiger partial charge in [-0.3, -0.25) is 19.2 Å². The Balaban J connectivity index is 1.96. The standard InChI is InChI=1S/C18H21Cl2N3O4/c1-21(27-2)18(26)12-23-10-9-22(8-7-17(23)25)16(24)6-4-13-3-5-14(19)15(20)11-13/h3-6,11H,7-10,12H2,1-2H3/b6-4+. The largest absolute Gasteiger partial charge is 0.337 e. The first kappa shape index (κ1) is 21.2. The van der Waals surface area contributed by atoms with Crippen LogP contribution in [-0.2, 0) is 19.2 Å². The zero-order chi connectivity index (χ0) is 20.0. The molecule has 1 aromatic carbocycles. The number of rotatable bonds is 5. The van der Waals surface area contributed by atoms with Gasteiger partial charge in [0.1, 0.15) is 6.54 Å². The monoisotopic (exact) mass is 413 g/mol. The Bertz CT molecular complexity index is 754. The summed E-state index contributed by atoms with van der Waals surface area (Å²) < 4.78 is 0. The molecule has 2 rings (SSSR count). The van der Waals surface area contributed by atoms with Gasteiger partial charge in [-0.05, 0) is 23.8 Å². The van der Waals surface area contributed by atoms with E-state index < -0.39 is 0 Å². The lowest BCUT2D eigenvalue weighted by Gasteiger charge is -2.23. The molecule has 7 nitrogen and oxygen atoms in total. The molecule has 3 amide bonds. The van der Waals surface area contributed by atoms with Gasteiger partial charge in [0.2, 0.25) is 11.8 Å². The quantitative estimate of drug-likeness (QED) is 0.547. The molecule has 1 fully saturated rings. The van der Waals surface area contributed by atoms with Crippen LogP contribution in [0.4, 0.5) is 0 Å². The Kier molecular flexibility index (Phi) is 7.65. The summed E-state index contributed by atoms with van der Waals surface area (Å²) in [5, 5.41) is 1.93. The van der Waals surface area contributed by atoms with Crippen molar-refractivity contribution in [2.45, 2.75) is 6.42 Å². The lowest BCUT2D eigenvalue weighted by Crippen LogP contribution is -2.42. The molecule has 0 bridgehead atoms. The zero-order valence-electron chi connectivity index (χ0n) is 15.2. The van der Waals surface area contributed by atoms with E-state index in [0.717, 1.165) is 10.6 Å². The van der Waals surface area contributed by atoms with Crippen molar-refractivity contribution in [3.63, 3.8) is 0 Å². The van der Waals surface area contributed by atoms with Gasteiger partial charge in [-0.2, -0.15) is 0 Å². The minimum atomic E-state index is -0.329. The van der Waals surface area contributed by atoms with Crippen LogP contribution in [0.1, 0.15) is 12.0 Å². The third kappa shape index (κ3) is 5.95. The normalized spacial score (nSPS) is 15.2. The van der Waals surface area contributed by atoms with Crippen molar-refractivity contribution in [1.29, 1.82) is 0 Å². The summed E-state index contributed by atoms with van der Waals surface area (Å²) in [5.74, 6) is -0.710. The third-order valence-corrected chi connectivity index (χ3v) is 4.95. The van der Waals surface area contributed by atoms with E-state index in [1.807, 2.05) is 0 Å². The molecule has 1 saturated heterocycles. The second kappa shape index (κ2) is 9.73. The molecule has 27 heavy (non-hydrogen) atoms. The maximum absolute atomic E-state index is 12.4. The summed E-state index contributed by atoms with van der Waals surface area (Å²) in [5.41, 5.74) is 0.749. The van der Waals surface area contributed by atoms with Crippen molar-refractivity contribution in [2.24, 2.45) is 0 Å². The second-order valence-electron chi connectivity index (χ2n) is 5.97. The van der Waals surface area contributed by atoms with E-state index in [1.54, 1.807) is 29.2 Å². The van der Waals surface area contributed by atoms with E-state index in [1.165, 1.54) is 25.1 Å². The fourth-order valence-corrected chi connectivity index (χ4v) is 2.81. The number of nitrogens with zero attached hydrogens (tertiary/aromatic N) is 3. The third-order valence-electron chi connectivity index (χ3n) is 4.21. The number of likely N-dealkylation sites (N-methyl/N-ethyl adjacent to an activating group) is 1. The minimum Gasteiger partial charge on any atom is -0.337 e. The van der Waals surface area contributed by atoms with E-state index in [-0.39, 0.29) is 37.2 Å². The van der Waals surface area contributed by atoms with Crippen molar-refractivity contribution in [1.82, 2.24) is 14.9 Å². The van der Waals surface area contributed by atoms with Gasteiger partial charge >= 0.3 is 0 Å². The minimum absolute atomic E-state index is 0.0791. The number of amides is 3. The highest BCUT2D eigenvalue weighted by molar-refractivity contribution is 6.42. The summed E-state index contributed by atoms with van der Waals surface area (Å²) in [6, 6.07) is 5.08. The molecule has 0 unspecified atom stereocenters. The number of hydroxylamine groups is 2. The van der Waals surface area contributed by atoms with Gasteiger partial charge in [0.25, 0.3) is 5.91 Å². The number of hydrogen-bond donors (Lipinski definition) is 0. The van der Waals surface area contributed by atoms with Crippen LogP contribution in [0.25, 0.3) is 6.08 Å². The highest BCUT2D eigenvalue weighted by atomic mass is 35.5. The van der Waals surface area contributed by atoms with Gasteiger partial charge < -0.3 is 9.80 Å². The molecule has 1 aliphatic heterocycles. The van der Waals surface area contributed by atoms with Gasteiger partial charge in [-0.1, -0.05) is 29.3 Å². The van der Waals surface area contributed by atoms with Crippen LogP contribution >= 0.6 is 23.2 Å². The number of benzene rings is 1. The highest BCUT2D eigenvalue weighted by Gasteiger charge is 2.25. The first-order chi connectivity index (χ1) is 12.8. The first-order valence-corrected chi connectivity index (χ1v) is 9.08. The lowest BCUT2D eigenvalue weighted by molar-refractivity contribution is -0.171. The average molecular weight is 414 g/mol. The maximum atomic E-state index is 12.4. The predicted molar refractivity (Wildman–Crippen MR) is 103 cm³/mol. The van der Waals surface area contributed by atoms with Crippen molar-refractivity contribution < 1.29 is 19.2 Å². The number of carbonyl (C=O) groups is 3. The Labute approximate surface area is 168 Å². The van der Waals surface area contributed by atoms with E-state index in [2.05, 4.69) is 0 Å². The molecule has 0 radical (unpaired) electrons. The summed E-state index contributed by atoms with van der Waals surface area (Å²) in [7, 11) is 2.86. The van der Waals surface area contributed by atoms with Gasteiger partial charge in [-0.25, -0.2) is 5.06 Å². The van der Waals surface area contributed by atoms with Gasteiger partial charge in [0.05, 0.1) is 17.2 Å². The van der Waals surface area contributed by atoms with Gasteiger partial charge in [0.15, 0.2) is 0 Å². The van der Waals surface area contributed by atoms with Crippen LogP contribution < -0.4 is 0 Å². The van der Waals surface area contributed by atoms with E-state index >= 15 is 0 Å². The Hall–Kier alpha value is -2.09. The van der Waals surface area contributed by atoms with E-state index in [9.17, 15) is 14.4 Å². The number of carbonyl (C=O) groups excluding carboxylic acids is 3. The molecule has 0 atom stereocenters. The van der Waals surface area contributed by atoms with Crippen molar-refractivity contribution in [2.75, 3.05) is 40.3 Å². The molecule has 0 N–H and O–H groups in total.